The zero-order valence-corrected chi connectivity index (χ0v) is 10.6. The van der Waals surface area contributed by atoms with Gasteiger partial charge in [0.15, 0.2) is 0 Å². The van der Waals surface area contributed by atoms with Gasteiger partial charge in [-0.1, -0.05) is 13.8 Å². The molecule has 5 heteroatoms. The van der Waals surface area contributed by atoms with E-state index in [1.165, 1.54) is 0 Å². The Hall–Kier alpha value is -0.420. The fourth-order valence-electron chi connectivity index (χ4n) is 1.20. The topological polar surface area (TPSA) is 27.1 Å². The van der Waals surface area contributed by atoms with Gasteiger partial charge < -0.3 is 4.74 Å². The van der Waals surface area contributed by atoms with Crippen LogP contribution in [0.15, 0.2) is 10.7 Å². The number of ether oxygens (including phenoxy) is 1. The van der Waals surface area contributed by atoms with Crippen molar-refractivity contribution < 1.29 is 9.13 Å². The molecule has 0 spiro atoms. The van der Waals surface area contributed by atoms with Crippen molar-refractivity contribution in [2.24, 2.45) is 5.92 Å². The first kappa shape index (κ1) is 12.6. The number of nitrogens with zero attached hydrogens (tertiary/aromatic N) is 2. The second-order valence-electron chi connectivity index (χ2n) is 3.76. The number of aryl methyl sites for hydroxylation is 1. The highest BCUT2D eigenvalue weighted by molar-refractivity contribution is 9.10. The van der Waals surface area contributed by atoms with Crippen LogP contribution in [0.5, 0.6) is 0 Å². The van der Waals surface area contributed by atoms with E-state index < -0.39 is 6.67 Å². The maximum Gasteiger partial charge on any atom is 0.109 e. The summed E-state index contributed by atoms with van der Waals surface area (Å²) < 4.78 is 20.2. The standard InChI is InChI=1S/C10H16BrFN2O/c1-8(2)6-15-7-10-9(11)5-13-14(10)4-3-12/h5,8H,3-4,6-7H2,1-2H3. The van der Waals surface area contributed by atoms with E-state index >= 15 is 0 Å². The third-order valence-electron chi connectivity index (χ3n) is 1.88. The first-order chi connectivity index (χ1) is 7.15. The summed E-state index contributed by atoms with van der Waals surface area (Å²) >= 11 is 3.37. The van der Waals surface area contributed by atoms with Crippen molar-refractivity contribution in [3.8, 4) is 0 Å². The van der Waals surface area contributed by atoms with Crippen LogP contribution in [0.25, 0.3) is 0 Å². The van der Waals surface area contributed by atoms with Crippen molar-refractivity contribution >= 4 is 15.9 Å². The van der Waals surface area contributed by atoms with E-state index in [-0.39, 0.29) is 6.54 Å². The Morgan fingerprint density at radius 2 is 2.33 bits per heavy atom. The Labute approximate surface area is 97.7 Å². The van der Waals surface area contributed by atoms with Gasteiger partial charge in [0, 0.05) is 6.61 Å². The zero-order chi connectivity index (χ0) is 11.3. The molecular weight excluding hydrogens is 263 g/mol. The summed E-state index contributed by atoms with van der Waals surface area (Å²) in [4.78, 5) is 0. The van der Waals surface area contributed by atoms with E-state index in [0.717, 1.165) is 10.2 Å². The lowest BCUT2D eigenvalue weighted by Gasteiger charge is -2.09. The number of hydrogen-bond donors (Lipinski definition) is 0. The Bertz CT molecular complexity index is 302. The Kier molecular flexibility index (Phi) is 5.25. The highest BCUT2D eigenvalue weighted by Gasteiger charge is 2.08. The van der Waals surface area contributed by atoms with Gasteiger partial charge in [-0.2, -0.15) is 5.10 Å². The molecule has 1 aromatic rings. The van der Waals surface area contributed by atoms with Crippen LogP contribution in [0.2, 0.25) is 0 Å². The molecule has 1 heterocycles. The molecule has 86 valence electrons. The molecule has 0 saturated carbocycles. The first-order valence-electron chi connectivity index (χ1n) is 4.99. The minimum absolute atomic E-state index is 0.284. The van der Waals surface area contributed by atoms with Gasteiger partial charge >= 0.3 is 0 Å². The van der Waals surface area contributed by atoms with Gasteiger partial charge in [-0.05, 0) is 21.8 Å². The van der Waals surface area contributed by atoms with Crippen LogP contribution in [0.4, 0.5) is 4.39 Å². The van der Waals surface area contributed by atoms with Gasteiger partial charge in [0.25, 0.3) is 0 Å². The number of hydrogen-bond acceptors (Lipinski definition) is 2. The highest BCUT2D eigenvalue weighted by atomic mass is 79.9. The van der Waals surface area contributed by atoms with Crippen molar-refractivity contribution in [2.45, 2.75) is 27.0 Å². The van der Waals surface area contributed by atoms with Crippen molar-refractivity contribution in [3.63, 3.8) is 0 Å². The van der Waals surface area contributed by atoms with Crippen molar-refractivity contribution in [3.05, 3.63) is 16.4 Å². The lowest BCUT2D eigenvalue weighted by Crippen LogP contribution is -2.10. The molecular formula is C10H16BrFN2O. The molecule has 0 bridgehead atoms. The lowest BCUT2D eigenvalue weighted by molar-refractivity contribution is 0.0913. The molecule has 3 nitrogen and oxygen atoms in total. The normalized spacial score (nSPS) is 11.3. The molecule has 0 aliphatic carbocycles. The maximum atomic E-state index is 12.2. The van der Waals surface area contributed by atoms with E-state index in [2.05, 4.69) is 34.9 Å². The zero-order valence-electron chi connectivity index (χ0n) is 9.04. The lowest BCUT2D eigenvalue weighted by atomic mass is 10.2. The van der Waals surface area contributed by atoms with Gasteiger partial charge in [-0.15, -0.1) is 0 Å². The molecule has 1 aromatic heterocycles. The fraction of sp³-hybridized carbons (Fsp3) is 0.700. The second kappa shape index (κ2) is 6.23. The van der Waals surface area contributed by atoms with Crippen LogP contribution in [-0.2, 0) is 17.9 Å². The number of rotatable bonds is 6. The second-order valence-corrected chi connectivity index (χ2v) is 4.61. The summed E-state index contributed by atoms with van der Waals surface area (Å²) in [6.45, 7) is 5.23. The average molecular weight is 279 g/mol. The number of aromatic nitrogens is 2. The van der Waals surface area contributed by atoms with Crippen LogP contribution in [0, 0.1) is 5.92 Å². The van der Waals surface area contributed by atoms with Crippen molar-refractivity contribution in [1.29, 1.82) is 0 Å². The fourth-order valence-corrected chi connectivity index (χ4v) is 1.61. The molecule has 0 N–H and O–H groups in total. The van der Waals surface area contributed by atoms with Gasteiger partial charge in [0.2, 0.25) is 0 Å². The quantitative estimate of drug-likeness (QED) is 0.800. The third kappa shape index (κ3) is 3.91. The molecule has 0 unspecified atom stereocenters. The van der Waals surface area contributed by atoms with E-state index in [9.17, 15) is 4.39 Å². The maximum absolute atomic E-state index is 12.2. The van der Waals surface area contributed by atoms with Crippen LogP contribution in [-0.4, -0.2) is 23.1 Å². The van der Waals surface area contributed by atoms with E-state index in [4.69, 9.17) is 4.74 Å². The average Bonchev–Trinajstić information content (AvgIpc) is 2.50. The van der Waals surface area contributed by atoms with Gasteiger partial charge in [0.1, 0.15) is 6.67 Å². The molecule has 0 radical (unpaired) electrons. The molecule has 15 heavy (non-hydrogen) atoms. The predicted octanol–water partition coefficient (Wildman–Crippen LogP) is 2.79. The molecule has 1 rings (SSSR count). The van der Waals surface area contributed by atoms with E-state index in [0.29, 0.717) is 19.1 Å². The molecule has 0 aliphatic heterocycles. The Morgan fingerprint density at radius 1 is 1.60 bits per heavy atom. The van der Waals surface area contributed by atoms with E-state index in [1.807, 2.05) is 0 Å². The Balaban J connectivity index is 2.54. The Morgan fingerprint density at radius 3 is 2.93 bits per heavy atom. The molecule has 0 saturated heterocycles. The summed E-state index contributed by atoms with van der Waals surface area (Å²) in [5.41, 5.74) is 0.897. The van der Waals surface area contributed by atoms with Crippen molar-refractivity contribution in [2.75, 3.05) is 13.3 Å². The predicted molar refractivity (Wildman–Crippen MR) is 60.4 cm³/mol. The summed E-state index contributed by atoms with van der Waals surface area (Å²) in [6, 6.07) is 0. The highest BCUT2D eigenvalue weighted by Crippen LogP contribution is 2.17. The SMILES string of the molecule is CC(C)COCc1c(Br)cnn1CCF. The summed E-state index contributed by atoms with van der Waals surface area (Å²) in [7, 11) is 0. The minimum Gasteiger partial charge on any atom is -0.375 e. The van der Waals surface area contributed by atoms with Crippen molar-refractivity contribution in [1.82, 2.24) is 9.78 Å². The first-order valence-corrected chi connectivity index (χ1v) is 5.78. The summed E-state index contributed by atoms with van der Waals surface area (Å²) in [5.74, 6) is 0.501. The molecule has 0 aromatic carbocycles. The summed E-state index contributed by atoms with van der Waals surface area (Å²) in [6.07, 6.45) is 1.67. The summed E-state index contributed by atoms with van der Waals surface area (Å²) in [5, 5.41) is 4.05. The molecule has 0 aliphatic rings. The molecule has 0 fully saturated rings. The largest absolute Gasteiger partial charge is 0.375 e. The molecule has 0 atom stereocenters. The third-order valence-corrected chi connectivity index (χ3v) is 2.55. The number of alkyl halides is 1. The smallest absolute Gasteiger partial charge is 0.109 e. The van der Waals surface area contributed by atoms with E-state index in [1.54, 1.807) is 10.9 Å². The number of halogens is 2. The van der Waals surface area contributed by atoms with Gasteiger partial charge in [-0.3, -0.25) is 4.68 Å². The van der Waals surface area contributed by atoms with Crippen LogP contribution in [0.3, 0.4) is 0 Å². The van der Waals surface area contributed by atoms with Gasteiger partial charge in [-0.25, -0.2) is 4.39 Å². The van der Waals surface area contributed by atoms with Gasteiger partial charge in [0.05, 0.1) is 29.5 Å². The monoisotopic (exact) mass is 278 g/mol. The van der Waals surface area contributed by atoms with Crippen LogP contribution >= 0.6 is 15.9 Å². The van der Waals surface area contributed by atoms with Crippen LogP contribution < -0.4 is 0 Å². The minimum atomic E-state index is -0.411. The van der Waals surface area contributed by atoms with Crippen LogP contribution in [0.1, 0.15) is 19.5 Å². The molecule has 0 amide bonds.